The molecule has 0 radical (unpaired) electrons. The van der Waals surface area contributed by atoms with Gasteiger partial charge in [0.1, 0.15) is 0 Å². The molecule has 1 aromatic carbocycles. The van der Waals surface area contributed by atoms with Crippen LogP contribution in [0.25, 0.3) is 22.7 Å². The lowest BCUT2D eigenvalue weighted by Gasteiger charge is -2.34. The first-order valence-corrected chi connectivity index (χ1v) is 12.5. The van der Waals surface area contributed by atoms with Gasteiger partial charge in [0.05, 0.1) is 16.8 Å². The van der Waals surface area contributed by atoms with E-state index in [0.717, 1.165) is 27.4 Å². The summed E-state index contributed by atoms with van der Waals surface area (Å²) in [6.07, 6.45) is 9.91. The van der Waals surface area contributed by atoms with E-state index in [9.17, 15) is 19.8 Å². The molecule has 0 unspecified atom stereocenters. The van der Waals surface area contributed by atoms with Gasteiger partial charge in [0.25, 0.3) is 0 Å². The zero-order chi connectivity index (χ0) is 23.6. The Labute approximate surface area is 197 Å². The monoisotopic (exact) mass is 458 g/mol. The number of carboxylic acid groups (broad SMARTS) is 2. The molecule has 0 saturated heterocycles. The molecule has 0 spiro atoms. The van der Waals surface area contributed by atoms with Crippen molar-refractivity contribution in [2.75, 3.05) is 0 Å². The molecule has 2 aliphatic carbocycles. The average Bonchev–Trinajstić information content (AvgIpc) is 3.38. The minimum absolute atomic E-state index is 0.00138. The highest BCUT2D eigenvalue weighted by Crippen LogP contribution is 2.46. The van der Waals surface area contributed by atoms with Crippen LogP contribution in [0.3, 0.4) is 0 Å². The van der Waals surface area contributed by atoms with Crippen molar-refractivity contribution in [2.24, 2.45) is 11.8 Å². The molecule has 2 fully saturated rings. The molecule has 0 amide bonds. The highest BCUT2D eigenvalue weighted by Gasteiger charge is 2.39. The molecule has 6 nitrogen and oxygen atoms in total. The SMILES string of the molecule is C[C@@H]1CC2=c3ccn(C(=O)O)c3=Cn3c(cc4cccc(C5CCCCC5)c43)[C@@H]2C[C@H]1C(=O)O. The molecule has 0 bridgehead atoms. The fourth-order valence-corrected chi connectivity index (χ4v) is 6.82. The fourth-order valence-electron chi connectivity index (χ4n) is 6.82. The summed E-state index contributed by atoms with van der Waals surface area (Å²) in [5, 5.41) is 22.6. The van der Waals surface area contributed by atoms with E-state index in [0.29, 0.717) is 24.1 Å². The van der Waals surface area contributed by atoms with Crippen molar-refractivity contribution in [3.8, 4) is 0 Å². The van der Waals surface area contributed by atoms with Crippen LogP contribution in [0, 0.1) is 11.8 Å². The molecule has 3 aromatic rings. The summed E-state index contributed by atoms with van der Waals surface area (Å²) in [4.78, 5) is 24.2. The molecule has 2 N–H and O–H groups in total. The predicted octanol–water partition coefficient (Wildman–Crippen LogP) is 4.68. The van der Waals surface area contributed by atoms with Gasteiger partial charge in [-0.25, -0.2) is 4.79 Å². The maximum absolute atomic E-state index is 12.1. The lowest BCUT2D eigenvalue weighted by Crippen LogP contribution is -2.37. The van der Waals surface area contributed by atoms with Crippen LogP contribution in [0.1, 0.15) is 75.0 Å². The van der Waals surface area contributed by atoms with Gasteiger partial charge in [-0.1, -0.05) is 50.0 Å². The Morgan fingerprint density at radius 3 is 2.59 bits per heavy atom. The number of hydrogen-bond donors (Lipinski definition) is 2. The number of para-hydroxylation sites is 1. The van der Waals surface area contributed by atoms with Gasteiger partial charge in [-0.15, -0.1) is 0 Å². The summed E-state index contributed by atoms with van der Waals surface area (Å²) >= 11 is 0. The van der Waals surface area contributed by atoms with Crippen LogP contribution < -0.4 is 10.6 Å². The number of carbonyl (C=O) groups is 2. The molecule has 6 rings (SSSR count). The van der Waals surface area contributed by atoms with Gasteiger partial charge in [-0.2, -0.15) is 0 Å². The molecule has 3 atom stereocenters. The second-order valence-corrected chi connectivity index (χ2v) is 10.4. The number of fused-ring (bicyclic) bond motifs is 6. The number of carboxylic acids is 1. The van der Waals surface area contributed by atoms with Gasteiger partial charge in [0.15, 0.2) is 0 Å². The number of nitrogens with zero attached hydrogens (tertiary/aromatic N) is 2. The van der Waals surface area contributed by atoms with Crippen molar-refractivity contribution >= 4 is 34.7 Å². The Hall–Kier alpha value is -3.28. The largest absolute Gasteiger partial charge is 0.481 e. The van der Waals surface area contributed by atoms with Crippen LogP contribution in [-0.4, -0.2) is 31.4 Å². The van der Waals surface area contributed by atoms with Crippen LogP contribution in [0.5, 0.6) is 0 Å². The first kappa shape index (κ1) is 21.3. The lowest BCUT2D eigenvalue weighted by atomic mass is 9.70. The Morgan fingerprint density at radius 2 is 1.85 bits per heavy atom. The molecule has 34 heavy (non-hydrogen) atoms. The molecule has 1 aliphatic heterocycles. The van der Waals surface area contributed by atoms with Gasteiger partial charge in [-0.05, 0) is 55.2 Å². The Bertz CT molecular complexity index is 1440. The first-order chi connectivity index (χ1) is 16.4. The molecular formula is C28H30N2O4. The van der Waals surface area contributed by atoms with Crippen LogP contribution in [-0.2, 0) is 4.79 Å². The van der Waals surface area contributed by atoms with Gasteiger partial charge in [0, 0.05) is 34.6 Å². The lowest BCUT2D eigenvalue weighted by molar-refractivity contribution is -0.144. The van der Waals surface area contributed by atoms with Gasteiger partial charge < -0.3 is 14.8 Å². The predicted molar refractivity (Wildman–Crippen MR) is 130 cm³/mol. The maximum atomic E-state index is 12.1. The van der Waals surface area contributed by atoms with Crippen molar-refractivity contribution in [2.45, 2.75) is 63.7 Å². The van der Waals surface area contributed by atoms with E-state index in [-0.39, 0.29) is 11.8 Å². The fraction of sp³-hybridized carbons (Fsp3) is 0.429. The van der Waals surface area contributed by atoms with Gasteiger partial charge >= 0.3 is 12.1 Å². The maximum Gasteiger partial charge on any atom is 0.416 e. The second kappa shape index (κ2) is 7.90. The third-order valence-corrected chi connectivity index (χ3v) is 8.51. The van der Waals surface area contributed by atoms with Crippen LogP contribution in [0.15, 0.2) is 36.5 Å². The quantitative estimate of drug-likeness (QED) is 0.584. The van der Waals surface area contributed by atoms with E-state index < -0.39 is 18.0 Å². The summed E-state index contributed by atoms with van der Waals surface area (Å²) < 4.78 is 3.50. The number of rotatable bonds is 2. The van der Waals surface area contributed by atoms with E-state index >= 15 is 0 Å². The van der Waals surface area contributed by atoms with E-state index in [4.69, 9.17) is 0 Å². The van der Waals surface area contributed by atoms with Crippen molar-refractivity contribution < 1.29 is 19.8 Å². The Balaban J connectivity index is 1.66. The number of aromatic nitrogens is 2. The standard InChI is InChI=1S/C28H30N2O4/c1-16-12-22-20-10-11-29(28(33)34)25(20)15-30-24(23(22)14-21(16)27(31)32)13-18-8-5-9-19(26(18)30)17-6-3-2-4-7-17/h5,8-11,13,15-17,21,23H,2-4,6-7,12,14H2,1H3,(H,31,32)(H,33,34)/t16-,21-,23-/m1/s1. The van der Waals surface area contributed by atoms with Crippen molar-refractivity contribution in [3.05, 3.63) is 58.4 Å². The molecule has 176 valence electrons. The van der Waals surface area contributed by atoms with E-state index in [1.165, 1.54) is 42.2 Å². The summed E-state index contributed by atoms with van der Waals surface area (Å²) in [6, 6.07) is 10.6. The van der Waals surface area contributed by atoms with E-state index in [2.05, 4.69) is 28.8 Å². The summed E-state index contributed by atoms with van der Waals surface area (Å²) in [6.45, 7) is 2.00. The minimum atomic E-state index is -1.01. The Kier molecular flexibility index (Phi) is 4.94. The van der Waals surface area contributed by atoms with E-state index in [1.54, 1.807) is 6.20 Å². The minimum Gasteiger partial charge on any atom is -0.481 e. The summed E-state index contributed by atoms with van der Waals surface area (Å²) in [5.41, 5.74) is 4.73. The molecule has 2 saturated carbocycles. The molecule has 3 aliphatic rings. The Morgan fingerprint density at radius 1 is 1.06 bits per heavy atom. The molecule has 6 heteroatoms. The third-order valence-electron chi connectivity index (χ3n) is 8.51. The zero-order valence-corrected chi connectivity index (χ0v) is 19.4. The van der Waals surface area contributed by atoms with Crippen LogP contribution >= 0.6 is 0 Å². The van der Waals surface area contributed by atoms with Crippen molar-refractivity contribution in [3.63, 3.8) is 0 Å². The highest BCUT2D eigenvalue weighted by atomic mass is 16.4. The number of aliphatic carboxylic acids is 1. The van der Waals surface area contributed by atoms with Crippen LogP contribution in [0.2, 0.25) is 0 Å². The van der Waals surface area contributed by atoms with Gasteiger partial charge in [-0.3, -0.25) is 9.36 Å². The number of hydrogen-bond acceptors (Lipinski definition) is 2. The average molecular weight is 459 g/mol. The third kappa shape index (κ3) is 3.15. The summed E-state index contributed by atoms with van der Waals surface area (Å²) in [5.74, 6) is -0.709. The smallest absolute Gasteiger partial charge is 0.416 e. The molecule has 2 aromatic heterocycles. The van der Waals surface area contributed by atoms with Crippen molar-refractivity contribution in [1.29, 1.82) is 0 Å². The molecular weight excluding hydrogens is 428 g/mol. The topological polar surface area (TPSA) is 84.5 Å². The van der Waals surface area contributed by atoms with E-state index in [1.807, 2.05) is 19.2 Å². The number of benzene rings is 1. The van der Waals surface area contributed by atoms with Gasteiger partial charge in [0.2, 0.25) is 0 Å². The summed E-state index contributed by atoms with van der Waals surface area (Å²) in [7, 11) is 0. The van der Waals surface area contributed by atoms with Crippen molar-refractivity contribution in [1.82, 2.24) is 9.13 Å². The van der Waals surface area contributed by atoms with Crippen LogP contribution in [0.4, 0.5) is 4.79 Å². The second-order valence-electron chi connectivity index (χ2n) is 10.4. The normalized spacial score (nSPS) is 24.6. The highest BCUT2D eigenvalue weighted by molar-refractivity contribution is 5.88. The first-order valence-electron chi connectivity index (χ1n) is 12.5. The molecule has 3 heterocycles. The zero-order valence-electron chi connectivity index (χ0n) is 19.4.